The monoisotopic (exact) mass is 418 g/mol. The van der Waals surface area contributed by atoms with Crippen LogP contribution in [-0.4, -0.2) is 6.61 Å². The van der Waals surface area contributed by atoms with Crippen molar-refractivity contribution in [3.05, 3.63) is 94.8 Å². The fourth-order valence-electron chi connectivity index (χ4n) is 2.62. The molecule has 0 aliphatic carbocycles. The van der Waals surface area contributed by atoms with Gasteiger partial charge in [-0.15, -0.1) is 0 Å². The molecule has 4 heteroatoms. The molecule has 0 spiro atoms. The van der Waals surface area contributed by atoms with Gasteiger partial charge in [0.1, 0.15) is 5.82 Å². The van der Waals surface area contributed by atoms with Gasteiger partial charge in [-0.1, -0.05) is 94.3 Å². The highest BCUT2D eigenvalue weighted by molar-refractivity contribution is 9.09. The Morgan fingerprint density at radius 1 is 0.880 bits per heavy atom. The third-order valence-electron chi connectivity index (χ3n) is 3.91. The van der Waals surface area contributed by atoms with Crippen molar-refractivity contribution in [1.29, 1.82) is 0 Å². The molecule has 0 heterocycles. The Balaban J connectivity index is 1.74. The molecule has 0 aromatic heterocycles. The van der Waals surface area contributed by atoms with Crippen LogP contribution in [0.5, 0.6) is 0 Å². The molecule has 3 rings (SSSR count). The van der Waals surface area contributed by atoms with Crippen LogP contribution in [0.1, 0.15) is 16.0 Å². The Hall–Kier alpha value is -1.68. The van der Waals surface area contributed by atoms with Crippen molar-refractivity contribution in [1.82, 2.24) is 0 Å². The second-order valence-electron chi connectivity index (χ2n) is 5.66. The fraction of sp³-hybridized carbons (Fsp3) is 0.143. The van der Waals surface area contributed by atoms with Gasteiger partial charge in [-0.05, 0) is 11.6 Å². The normalized spacial score (nSPS) is 12.1. The van der Waals surface area contributed by atoms with Crippen molar-refractivity contribution in [2.24, 2.45) is 0 Å². The summed E-state index contributed by atoms with van der Waals surface area (Å²) in [7, 11) is 0. The van der Waals surface area contributed by atoms with E-state index in [0.29, 0.717) is 34.9 Å². The summed E-state index contributed by atoms with van der Waals surface area (Å²) in [5, 5.41) is 0.532. The first-order valence-corrected chi connectivity index (χ1v) is 9.25. The van der Waals surface area contributed by atoms with Crippen LogP contribution >= 0.6 is 27.5 Å². The molecule has 0 fully saturated rings. The smallest absolute Gasteiger partial charge is 0.135 e. The SMILES string of the molecule is Fc1c(-c2ccccc2Cl)cccc1C(Br)COCc1ccccc1. The van der Waals surface area contributed by atoms with E-state index >= 15 is 0 Å². The van der Waals surface area contributed by atoms with Crippen molar-refractivity contribution in [3.8, 4) is 11.1 Å². The zero-order chi connectivity index (χ0) is 17.6. The Labute approximate surface area is 160 Å². The zero-order valence-corrected chi connectivity index (χ0v) is 15.8. The largest absolute Gasteiger partial charge is 0.375 e. The van der Waals surface area contributed by atoms with Gasteiger partial charge in [0.15, 0.2) is 0 Å². The standard InChI is InChI=1S/C21H17BrClFO/c22-19(14-25-13-15-7-2-1-3-8-15)18-11-6-10-17(21(18)24)16-9-4-5-12-20(16)23/h1-12,19H,13-14H2. The lowest BCUT2D eigenvalue weighted by molar-refractivity contribution is 0.122. The molecule has 0 radical (unpaired) electrons. The maximum Gasteiger partial charge on any atom is 0.135 e. The van der Waals surface area contributed by atoms with Crippen molar-refractivity contribution >= 4 is 27.5 Å². The molecule has 0 bridgehead atoms. The number of halogens is 3. The molecule has 0 aliphatic heterocycles. The molecular formula is C21H17BrClFO. The summed E-state index contributed by atoms with van der Waals surface area (Å²) < 4.78 is 20.7. The summed E-state index contributed by atoms with van der Waals surface area (Å²) in [6.45, 7) is 0.868. The number of alkyl halides is 1. The Morgan fingerprint density at radius 3 is 2.32 bits per heavy atom. The van der Waals surface area contributed by atoms with Gasteiger partial charge in [-0.2, -0.15) is 0 Å². The minimum Gasteiger partial charge on any atom is -0.375 e. The molecule has 1 nitrogen and oxygen atoms in total. The average Bonchev–Trinajstić information content (AvgIpc) is 2.63. The minimum absolute atomic E-state index is 0.237. The summed E-state index contributed by atoms with van der Waals surface area (Å²) in [4.78, 5) is -0.237. The van der Waals surface area contributed by atoms with Crippen LogP contribution in [0.4, 0.5) is 4.39 Å². The summed E-state index contributed by atoms with van der Waals surface area (Å²) in [5.74, 6) is -0.277. The van der Waals surface area contributed by atoms with Gasteiger partial charge in [0.05, 0.1) is 18.0 Å². The van der Waals surface area contributed by atoms with Crippen LogP contribution in [0.25, 0.3) is 11.1 Å². The average molecular weight is 420 g/mol. The molecule has 0 aliphatic rings. The summed E-state index contributed by atoms with van der Waals surface area (Å²) in [6, 6.07) is 22.5. The summed E-state index contributed by atoms with van der Waals surface area (Å²) in [6.07, 6.45) is 0. The zero-order valence-electron chi connectivity index (χ0n) is 13.5. The minimum atomic E-state index is -0.277. The number of hydrogen-bond donors (Lipinski definition) is 0. The van der Waals surface area contributed by atoms with E-state index in [1.165, 1.54) is 0 Å². The predicted molar refractivity (Wildman–Crippen MR) is 105 cm³/mol. The van der Waals surface area contributed by atoms with Crippen LogP contribution < -0.4 is 0 Å². The number of benzene rings is 3. The van der Waals surface area contributed by atoms with E-state index in [-0.39, 0.29) is 10.6 Å². The lowest BCUT2D eigenvalue weighted by atomic mass is 10.0. The molecule has 1 atom stereocenters. The molecule has 25 heavy (non-hydrogen) atoms. The van der Waals surface area contributed by atoms with E-state index in [0.717, 1.165) is 5.56 Å². The van der Waals surface area contributed by atoms with Crippen LogP contribution in [0.15, 0.2) is 72.8 Å². The maximum atomic E-state index is 15.0. The molecule has 128 valence electrons. The molecule has 0 amide bonds. The van der Waals surface area contributed by atoms with Gasteiger partial charge in [0.2, 0.25) is 0 Å². The number of hydrogen-bond acceptors (Lipinski definition) is 1. The molecule has 0 saturated carbocycles. The van der Waals surface area contributed by atoms with Crippen molar-refractivity contribution < 1.29 is 9.13 Å². The van der Waals surface area contributed by atoms with E-state index in [1.807, 2.05) is 54.6 Å². The van der Waals surface area contributed by atoms with E-state index in [9.17, 15) is 4.39 Å². The number of rotatable bonds is 6. The van der Waals surface area contributed by atoms with Crippen LogP contribution in [0.2, 0.25) is 5.02 Å². The Kier molecular flexibility index (Phi) is 6.24. The Morgan fingerprint density at radius 2 is 1.56 bits per heavy atom. The van der Waals surface area contributed by atoms with Gasteiger partial charge in [-0.25, -0.2) is 4.39 Å². The first-order chi connectivity index (χ1) is 12.2. The quantitative estimate of drug-likeness (QED) is 0.399. The molecule has 3 aromatic rings. The maximum absolute atomic E-state index is 15.0. The van der Waals surface area contributed by atoms with E-state index in [2.05, 4.69) is 15.9 Å². The van der Waals surface area contributed by atoms with Gasteiger partial charge in [-0.3, -0.25) is 0 Å². The third-order valence-corrected chi connectivity index (χ3v) is 4.99. The van der Waals surface area contributed by atoms with Gasteiger partial charge >= 0.3 is 0 Å². The third kappa shape index (κ3) is 4.49. The van der Waals surface area contributed by atoms with Crippen LogP contribution in [-0.2, 0) is 11.3 Å². The predicted octanol–water partition coefficient (Wildman–Crippen LogP) is 6.80. The second-order valence-corrected chi connectivity index (χ2v) is 7.17. The highest BCUT2D eigenvalue weighted by Gasteiger charge is 2.17. The van der Waals surface area contributed by atoms with Crippen LogP contribution in [0, 0.1) is 5.82 Å². The first kappa shape index (κ1) is 18.1. The second kappa shape index (κ2) is 8.61. The lowest BCUT2D eigenvalue weighted by Gasteiger charge is -2.15. The highest BCUT2D eigenvalue weighted by Crippen LogP contribution is 2.34. The summed E-state index contributed by atoms with van der Waals surface area (Å²) >= 11 is 9.75. The molecule has 0 N–H and O–H groups in total. The first-order valence-electron chi connectivity index (χ1n) is 7.96. The molecular weight excluding hydrogens is 403 g/mol. The van der Waals surface area contributed by atoms with Crippen molar-refractivity contribution in [3.63, 3.8) is 0 Å². The fourth-order valence-corrected chi connectivity index (χ4v) is 3.40. The van der Waals surface area contributed by atoms with Crippen LogP contribution in [0.3, 0.4) is 0 Å². The van der Waals surface area contributed by atoms with E-state index in [1.54, 1.807) is 18.2 Å². The number of ether oxygens (including phenoxy) is 1. The van der Waals surface area contributed by atoms with Gasteiger partial charge < -0.3 is 4.74 Å². The highest BCUT2D eigenvalue weighted by atomic mass is 79.9. The van der Waals surface area contributed by atoms with E-state index in [4.69, 9.17) is 16.3 Å². The molecule has 1 unspecified atom stereocenters. The van der Waals surface area contributed by atoms with E-state index < -0.39 is 0 Å². The molecule has 3 aromatic carbocycles. The van der Waals surface area contributed by atoms with Gasteiger partial charge in [0.25, 0.3) is 0 Å². The topological polar surface area (TPSA) is 9.23 Å². The summed E-state index contributed by atoms with van der Waals surface area (Å²) in [5.41, 5.74) is 2.84. The van der Waals surface area contributed by atoms with Crippen molar-refractivity contribution in [2.75, 3.05) is 6.61 Å². The lowest BCUT2D eigenvalue weighted by Crippen LogP contribution is -2.05. The Bertz CT molecular complexity index is 838. The molecule has 0 saturated heterocycles. The van der Waals surface area contributed by atoms with Crippen molar-refractivity contribution in [2.45, 2.75) is 11.4 Å². The van der Waals surface area contributed by atoms with Gasteiger partial charge in [0, 0.05) is 21.7 Å².